The maximum Gasteiger partial charge on any atom is 0.0593 e. The number of hydrogen-bond donors (Lipinski definition) is 2. The SMILES string of the molecule is Nc1c(CBr)cc(N)c2sccc12. The van der Waals surface area contributed by atoms with Crippen LogP contribution in [0.1, 0.15) is 5.56 Å². The third kappa shape index (κ3) is 1.30. The first-order valence-electron chi connectivity index (χ1n) is 3.84. The van der Waals surface area contributed by atoms with Crippen LogP contribution in [0, 0.1) is 0 Å². The normalized spacial score (nSPS) is 10.8. The first-order valence-corrected chi connectivity index (χ1v) is 5.84. The molecule has 0 aliphatic heterocycles. The molecule has 0 atom stereocenters. The Kier molecular flexibility index (Phi) is 2.17. The maximum absolute atomic E-state index is 5.96. The molecule has 0 radical (unpaired) electrons. The largest absolute Gasteiger partial charge is 0.398 e. The van der Waals surface area contributed by atoms with Crippen molar-refractivity contribution in [1.82, 2.24) is 0 Å². The van der Waals surface area contributed by atoms with E-state index in [1.54, 1.807) is 11.3 Å². The van der Waals surface area contributed by atoms with Crippen LogP contribution in [-0.4, -0.2) is 0 Å². The fraction of sp³-hybridized carbons (Fsp3) is 0.111. The molecule has 0 bridgehead atoms. The minimum absolute atomic E-state index is 0.745. The lowest BCUT2D eigenvalue weighted by molar-refractivity contribution is 1.47. The molecule has 4 heteroatoms. The highest BCUT2D eigenvalue weighted by molar-refractivity contribution is 9.08. The third-order valence-electron chi connectivity index (χ3n) is 2.04. The third-order valence-corrected chi connectivity index (χ3v) is 3.60. The Balaban J connectivity index is 2.85. The number of nitrogens with two attached hydrogens (primary N) is 2. The van der Waals surface area contributed by atoms with Gasteiger partial charge in [-0.15, -0.1) is 11.3 Å². The Morgan fingerprint density at radius 3 is 2.85 bits per heavy atom. The second kappa shape index (κ2) is 3.20. The molecule has 0 amide bonds. The molecule has 0 spiro atoms. The van der Waals surface area contributed by atoms with Crippen molar-refractivity contribution in [2.45, 2.75) is 5.33 Å². The highest BCUT2D eigenvalue weighted by Crippen LogP contribution is 2.34. The summed E-state index contributed by atoms with van der Waals surface area (Å²) in [7, 11) is 0. The van der Waals surface area contributed by atoms with Gasteiger partial charge in [0, 0.05) is 22.1 Å². The van der Waals surface area contributed by atoms with Crippen LogP contribution in [0.4, 0.5) is 11.4 Å². The van der Waals surface area contributed by atoms with E-state index < -0.39 is 0 Å². The molecule has 13 heavy (non-hydrogen) atoms. The maximum atomic E-state index is 5.96. The molecular weight excluding hydrogens is 248 g/mol. The quantitative estimate of drug-likeness (QED) is 0.609. The molecule has 2 rings (SSSR count). The lowest BCUT2D eigenvalue weighted by Crippen LogP contribution is -1.95. The van der Waals surface area contributed by atoms with Crippen LogP contribution in [0.2, 0.25) is 0 Å². The molecule has 0 aliphatic carbocycles. The molecule has 0 saturated carbocycles. The van der Waals surface area contributed by atoms with Gasteiger partial charge >= 0.3 is 0 Å². The summed E-state index contributed by atoms with van der Waals surface area (Å²) in [5, 5.41) is 3.82. The minimum atomic E-state index is 0.745. The number of fused-ring (bicyclic) bond motifs is 1. The molecule has 1 aromatic carbocycles. The van der Waals surface area contributed by atoms with Crippen LogP contribution in [0.3, 0.4) is 0 Å². The van der Waals surface area contributed by atoms with Gasteiger partial charge < -0.3 is 11.5 Å². The fourth-order valence-electron chi connectivity index (χ4n) is 1.36. The highest BCUT2D eigenvalue weighted by atomic mass is 79.9. The summed E-state index contributed by atoms with van der Waals surface area (Å²) in [6.07, 6.45) is 0. The van der Waals surface area contributed by atoms with Crippen molar-refractivity contribution in [3.05, 3.63) is 23.1 Å². The highest BCUT2D eigenvalue weighted by Gasteiger charge is 2.07. The number of nitrogen functional groups attached to an aromatic ring is 2. The Morgan fingerprint density at radius 1 is 1.38 bits per heavy atom. The van der Waals surface area contributed by atoms with Crippen LogP contribution < -0.4 is 11.5 Å². The van der Waals surface area contributed by atoms with Gasteiger partial charge in [-0.1, -0.05) is 15.9 Å². The summed E-state index contributed by atoms with van der Waals surface area (Å²) < 4.78 is 1.09. The molecule has 0 saturated heterocycles. The monoisotopic (exact) mass is 256 g/mol. The van der Waals surface area contributed by atoms with Crippen molar-refractivity contribution < 1.29 is 0 Å². The number of anilines is 2. The number of hydrogen-bond acceptors (Lipinski definition) is 3. The van der Waals surface area contributed by atoms with E-state index in [2.05, 4.69) is 15.9 Å². The van der Waals surface area contributed by atoms with Crippen molar-refractivity contribution in [2.24, 2.45) is 0 Å². The van der Waals surface area contributed by atoms with Crippen molar-refractivity contribution in [3.8, 4) is 0 Å². The minimum Gasteiger partial charge on any atom is -0.398 e. The molecule has 2 nitrogen and oxygen atoms in total. The molecule has 1 heterocycles. The zero-order chi connectivity index (χ0) is 9.42. The Labute approximate surface area is 88.7 Å². The van der Waals surface area contributed by atoms with E-state index in [1.807, 2.05) is 17.5 Å². The smallest absolute Gasteiger partial charge is 0.0593 e. The predicted molar refractivity (Wildman–Crippen MR) is 63.3 cm³/mol. The van der Waals surface area contributed by atoms with Gasteiger partial charge in [-0.05, 0) is 23.1 Å². The summed E-state index contributed by atoms with van der Waals surface area (Å²) in [4.78, 5) is 0. The van der Waals surface area contributed by atoms with Crippen molar-refractivity contribution in [3.63, 3.8) is 0 Å². The number of rotatable bonds is 1. The molecule has 1 aromatic heterocycles. The van der Waals surface area contributed by atoms with Gasteiger partial charge in [0.15, 0.2) is 0 Å². The topological polar surface area (TPSA) is 52.0 Å². The van der Waals surface area contributed by atoms with Gasteiger partial charge in [-0.3, -0.25) is 0 Å². The predicted octanol–water partition coefficient (Wildman–Crippen LogP) is 2.96. The Hall–Kier alpha value is -0.740. The standard InChI is InChI=1S/C9H9BrN2S/c10-4-5-3-7(11)9-6(8(5)12)1-2-13-9/h1-3H,4,11-12H2. The van der Waals surface area contributed by atoms with E-state index in [1.165, 1.54) is 0 Å². The molecule has 68 valence electrons. The number of thiophene rings is 1. The number of halogens is 1. The summed E-state index contributed by atoms with van der Waals surface area (Å²) in [6.45, 7) is 0. The van der Waals surface area contributed by atoms with Gasteiger partial charge in [0.25, 0.3) is 0 Å². The van der Waals surface area contributed by atoms with Crippen LogP contribution in [-0.2, 0) is 5.33 Å². The molecule has 2 aromatic rings. The average molecular weight is 257 g/mol. The average Bonchev–Trinajstić information content (AvgIpc) is 2.60. The molecule has 4 N–H and O–H groups in total. The zero-order valence-corrected chi connectivity index (χ0v) is 9.28. The number of benzene rings is 1. The van der Waals surface area contributed by atoms with E-state index in [0.29, 0.717) is 0 Å². The molecule has 0 fully saturated rings. The van der Waals surface area contributed by atoms with E-state index in [0.717, 1.165) is 32.4 Å². The lowest BCUT2D eigenvalue weighted by atomic mass is 10.1. The van der Waals surface area contributed by atoms with E-state index >= 15 is 0 Å². The van der Waals surface area contributed by atoms with E-state index in [9.17, 15) is 0 Å². The first kappa shape index (κ1) is 8.84. The van der Waals surface area contributed by atoms with Gasteiger partial charge in [0.1, 0.15) is 0 Å². The van der Waals surface area contributed by atoms with Crippen LogP contribution >= 0.6 is 27.3 Å². The summed E-state index contributed by atoms with van der Waals surface area (Å²) in [6, 6.07) is 3.95. The molecule has 0 unspecified atom stereocenters. The van der Waals surface area contributed by atoms with Gasteiger partial charge in [-0.25, -0.2) is 0 Å². The Bertz CT molecular complexity index is 450. The van der Waals surface area contributed by atoms with Gasteiger partial charge in [-0.2, -0.15) is 0 Å². The van der Waals surface area contributed by atoms with E-state index in [-0.39, 0.29) is 0 Å². The van der Waals surface area contributed by atoms with Crippen molar-refractivity contribution >= 4 is 48.7 Å². The van der Waals surface area contributed by atoms with E-state index in [4.69, 9.17) is 11.5 Å². The summed E-state index contributed by atoms with van der Waals surface area (Å²) in [5.41, 5.74) is 14.6. The second-order valence-electron chi connectivity index (χ2n) is 2.84. The van der Waals surface area contributed by atoms with Crippen LogP contribution in [0.15, 0.2) is 17.5 Å². The first-order chi connectivity index (χ1) is 6.24. The van der Waals surface area contributed by atoms with Crippen molar-refractivity contribution in [1.29, 1.82) is 0 Å². The fourth-order valence-corrected chi connectivity index (χ4v) is 2.66. The van der Waals surface area contributed by atoms with Gasteiger partial charge in [0.2, 0.25) is 0 Å². The molecular formula is C9H9BrN2S. The van der Waals surface area contributed by atoms with Crippen LogP contribution in [0.25, 0.3) is 10.1 Å². The number of alkyl halides is 1. The zero-order valence-electron chi connectivity index (χ0n) is 6.88. The summed E-state index contributed by atoms with van der Waals surface area (Å²) in [5.74, 6) is 0. The van der Waals surface area contributed by atoms with Crippen LogP contribution in [0.5, 0.6) is 0 Å². The molecule has 0 aliphatic rings. The van der Waals surface area contributed by atoms with Crippen molar-refractivity contribution in [2.75, 3.05) is 11.5 Å². The summed E-state index contributed by atoms with van der Waals surface area (Å²) >= 11 is 5.01. The lowest BCUT2D eigenvalue weighted by Gasteiger charge is -2.05. The van der Waals surface area contributed by atoms with Gasteiger partial charge in [0.05, 0.1) is 4.70 Å². The Morgan fingerprint density at radius 2 is 2.15 bits per heavy atom. The second-order valence-corrected chi connectivity index (χ2v) is 4.31.